The highest BCUT2D eigenvalue weighted by Gasteiger charge is 2.33. The van der Waals surface area contributed by atoms with Crippen molar-refractivity contribution in [1.29, 1.82) is 0 Å². The second-order valence-corrected chi connectivity index (χ2v) is 24.4. The molecule has 1 atom stereocenters. The number of hydrogen-bond acceptors (Lipinski definition) is 7. The zero-order valence-electron chi connectivity index (χ0n) is 32.2. The molecule has 2 N–H and O–H groups in total. The van der Waals surface area contributed by atoms with Gasteiger partial charge in [0.15, 0.2) is 0 Å². The van der Waals surface area contributed by atoms with Gasteiger partial charge in [0.2, 0.25) is 0 Å². The van der Waals surface area contributed by atoms with Gasteiger partial charge in [0.1, 0.15) is 17.3 Å². The summed E-state index contributed by atoms with van der Waals surface area (Å²) < 4.78 is -0.226. The Bertz CT molecular complexity index is 1370. The smallest absolute Gasteiger partial charge is 0.132 e. The van der Waals surface area contributed by atoms with Crippen LogP contribution < -0.4 is 0 Å². The van der Waals surface area contributed by atoms with E-state index in [1.54, 1.807) is 0 Å². The monoisotopic (exact) mass is 732 g/mol. The van der Waals surface area contributed by atoms with Crippen LogP contribution in [0, 0.1) is 0 Å². The van der Waals surface area contributed by atoms with Gasteiger partial charge in [-0.25, -0.2) is 0 Å². The van der Waals surface area contributed by atoms with Gasteiger partial charge in [0, 0.05) is 55.9 Å². The van der Waals surface area contributed by atoms with Crippen LogP contribution in [0.15, 0.2) is 34.1 Å². The summed E-state index contributed by atoms with van der Waals surface area (Å²) >= 11 is 3.64. The van der Waals surface area contributed by atoms with E-state index in [1.165, 1.54) is 18.6 Å². The summed E-state index contributed by atoms with van der Waals surface area (Å²) in [4.78, 5) is 15.1. The van der Waals surface area contributed by atoms with Gasteiger partial charge in [-0.05, 0) is 91.9 Å². The van der Waals surface area contributed by atoms with Crippen molar-refractivity contribution in [3.63, 3.8) is 0 Å². The molecule has 270 valence electrons. The Labute approximate surface area is 310 Å². The highest BCUT2D eigenvalue weighted by atomic mass is 33.1. The van der Waals surface area contributed by atoms with Gasteiger partial charge in [0.05, 0.1) is 4.08 Å². The summed E-state index contributed by atoms with van der Waals surface area (Å²) in [6, 6.07) is 8.69. The van der Waals surface area contributed by atoms with Crippen molar-refractivity contribution in [2.75, 3.05) is 5.75 Å². The molecule has 1 saturated heterocycles. The Morgan fingerprint density at radius 1 is 0.688 bits per heavy atom. The Balaban J connectivity index is 1.80. The van der Waals surface area contributed by atoms with E-state index in [0.717, 1.165) is 63.0 Å². The Kier molecular flexibility index (Phi) is 14.0. The standard InChI is InChI=1S/C41H64O3S4/c1-37(2,3)31-23-29(24-32(35(31)43)38(4,5)6)46-41(12,13)47-30-25-33(39(7,8)9)36(44)34(26-30)40(10,11)21-16-18-27(42)17-14-15-19-28-20-22-45-48-28/h23-26,28,43-44H,14-22H2,1-13H3. The zero-order valence-corrected chi connectivity index (χ0v) is 35.5. The fourth-order valence-electron chi connectivity index (χ4n) is 6.40. The molecule has 1 aliphatic rings. The third kappa shape index (κ3) is 11.8. The minimum absolute atomic E-state index is 0.185. The maximum absolute atomic E-state index is 12.8. The van der Waals surface area contributed by atoms with E-state index in [4.69, 9.17) is 0 Å². The largest absolute Gasteiger partial charge is 0.507 e. The number of carbonyl (C=O) groups excluding carboxylic acids is 1. The van der Waals surface area contributed by atoms with Crippen LogP contribution in [0.2, 0.25) is 0 Å². The van der Waals surface area contributed by atoms with Crippen molar-refractivity contribution in [2.24, 2.45) is 0 Å². The minimum atomic E-state index is -0.282. The molecule has 1 unspecified atom stereocenters. The van der Waals surface area contributed by atoms with Crippen molar-refractivity contribution < 1.29 is 15.0 Å². The first-order chi connectivity index (χ1) is 21.9. The lowest BCUT2D eigenvalue weighted by Crippen LogP contribution is -2.21. The van der Waals surface area contributed by atoms with E-state index in [9.17, 15) is 15.0 Å². The van der Waals surface area contributed by atoms with E-state index in [2.05, 4.69) is 114 Å². The molecule has 1 fully saturated rings. The number of aromatic hydroxyl groups is 2. The predicted octanol–water partition coefficient (Wildman–Crippen LogP) is 13.3. The molecule has 0 aliphatic carbocycles. The molecular formula is C41H64O3S4. The molecule has 0 aromatic heterocycles. The molecule has 0 bridgehead atoms. The number of hydrogen-bond donors (Lipinski definition) is 2. The number of ketones is 1. The van der Waals surface area contributed by atoms with E-state index in [0.29, 0.717) is 30.1 Å². The molecule has 0 spiro atoms. The molecule has 3 nitrogen and oxygen atoms in total. The van der Waals surface area contributed by atoms with Crippen LogP contribution in [0.5, 0.6) is 11.5 Å². The van der Waals surface area contributed by atoms with Gasteiger partial charge in [-0.3, -0.25) is 4.79 Å². The third-order valence-corrected chi connectivity index (χ3v) is 14.7. The molecule has 0 saturated carbocycles. The number of rotatable bonds is 14. The average Bonchev–Trinajstić information content (AvgIpc) is 3.44. The van der Waals surface area contributed by atoms with Crippen LogP contribution in [-0.2, 0) is 26.5 Å². The van der Waals surface area contributed by atoms with Crippen molar-refractivity contribution >= 4 is 50.9 Å². The fraction of sp³-hybridized carbons (Fsp3) is 0.683. The molecule has 0 radical (unpaired) electrons. The first-order valence-electron chi connectivity index (χ1n) is 17.8. The number of unbranched alkanes of at least 4 members (excludes halogenated alkanes) is 1. The van der Waals surface area contributed by atoms with Gasteiger partial charge < -0.3 is 10.2 Å². The van der Waals surface area contributed by atoms with Gasteiger partial charge in [-0.15, -0.1) is 23.5 Å². The van der Waals surface area contributed by atoms with Crippen LogP contribution in [0.3, 0.4) is 0 Å². The third-order valence-electron chi connectivity index (χ3n) is 9.26. The van der Waals surface area contributed by atoms with E-state index in [1.807, 2.05) is 45.1 Å². The van der Waals surface area contributed by atoms with Crippen molar-refractivity contribution in [3.8, 4) is 11.5 Å². The second kappa shape index (κ2) is 16.2. The van der Waals surface area contributed by atoms with E-state index in [-0.39, 0.29) is 25.7 Å². The molecular weight excluding hydrogens is 669 g/mol. The molecule has 7 heteroatoms. The van der Waals surface area contributed by atoms with E-state index >= 15 is 0 Å². The number of phenols is 2. The van der Waals surface area contributed by atoms with Crippen molar-refractivity contribution in [3.05, 3.63) is 46.5 Å². The minimum Gasteiger partial charge on any atom is -0.507 e. The number of benzene rings is 2. The highest BCUT2D eigenvalue weighted by Crippen LogP contribution is 2.51. The average molecular weight is 733 g/mol. The Hall–Kier alpha value is -0.890. The maximum Gasteiger partial charge on any atom is 0.132 e. The van der Waals surface area contributed by atoms with Gasteiger partial charge in [-0.1, -0.05) is 104 Å². The lowest BCUT2D eigenvalue weighted by atomic mass is 9.76. The highest BCUT2D eigenvalue weighted by molar-refractivity contribution is 8.77. The van der Waals surface area contributed by atoms with Crippen LogP contribution >= 0.6 is 45.1 Å². The van der Waals surface area contributed by atoms with Crippen LogP contribution in [0.1, 0.15) is 164 Å². The Morgan fingerprint density at radius 3 is 1.56 bits per heavy atom. The molecule has 0 amide bonds. The molecule has 2 aromatic rings. The SMILES string of the molecule is CC(C)(Sc1cc(C(C)(C)C)c(O)c(C(C)(C)C)c1)Sc1cc(C(C)(C)C)c(O)c(C(C)(C)CCCC(=O)CCCCC2CCSS2)c1. The summed E-state index contributed by atoms with van der Waals surface area (Å²) in [5, 5.41) is 23.8. The normalized spacial score (nSPS) is 16.5. The summed E-state index contributed by atoms with van der Waals surface area (Å²) in [5.74, 6) is 2.44. The fourth-order valence-corrected chi connectivity index (χ4v) is 12.0. The number of phenolic OH excluding ortho intramolecular Hbond substituents is 2. The summed E-state index contributed by atoms with van der Waals surface area (Å²) in [6.07, 6.45) is 7.69. The summed E-state index contributed by atoms with van der Waals surface area (Å²) in [7, 11) is 4.01. The summed E-state index contributed by atoms with van der Waals surface area (Å²) in [6.45, 7) is 28.4. The Morgan fingerprint density at radius 2 is 1.12 bits per heavy atom. The molecule has 48 heavy (non-hydrogen) atoms. The van der Waals surface area contributed by atoms with Gasteiger partial charge in [-0.2, -0.15) is 0 Å². The lowest BCUT2D eigenvalue weighted by molar-refractivity contribution is -0.119. The van der Waals surface area contributed by atoms with Crippen molar-refractivity contribution in [2.45, 2.75) is 182 Å². The van der Waals surface area contributed by atoms with Crippen LogP contribution in [0.25, 0.3) is 0 Å². The second-order valence-electron chi connectivity index (χ2n) is 17.9. The molecule has 2 aromatic carbocycles. The number of Topliss-reactive ketones (excluding diaryl/α,β-unsaturated/α-hetero) is 1. The quantitative estimate of drug-likeness (QED) is 0.0868. The van der Waals surface area contributed by atoms with Crippen LogP contribution in [0.4, 0.5) is 0 Å². The maximum atomic E-state index is 12.8. The van der Waals surface area contributed by atoms with Gasteiger partial charge in [0.25, 0.3) is 0 Å². The number of carbonyl (C=O) groups is 1. The number of thioether (sulfide) groups is 2. The first kappa shape index (κ1) is 41.5. The summed E-state index contributed by atoms with van der Waals surface area (Å²) in [5.41, 5.74) is 2.99. The molecule has 1 heterocycles. The van der Waals surface area contributed by atoms with Crippen LogP contribution in [-0.4, -0.2) is 31.1 Å². The molecule has 1 aliphatic heterocycles. The first-order valence-corrected chi connectivity index (χ1v) is 21.9. The lowest BCUT2D eigenvalue weighted by Gasteiger charge is -2.32. The van der Waals surface area contributed by atoms with Gasteiger partial charge >= 0.3 is 0 Å². The molecule has 3 rings (SSSR count). The predicted molar refractivity (Wildman–Crippen MR) is 217 cm³/mol. The van der Waals surface area contributed by atoms with Crippen molar-refractivity contribution in [1.82, 2.24) is 0 Å². The van der Waals surface area contributed by atoms with E-state index < -0.39 is 0 Å². The topological polar surface area (TPSA) is 57.5 Å². The zero-order chi connectivity index (χ0) is 36.3.